The molecule has 1 saturated heterocycles. The van der Waals surface area contributed by atoms with Crippen molar-refractivity contribution in [2.45, 2.75) is 56.7 Å². The van der Waals surface area contributed by atoms with Crippen LogP contribution in [-0.2, 0) is 4.79 Å². The third-order valence-corrected chi connectivity index (χ3v) is 5.32. The molecule has 104 valence electrons. The summed E-state index contributed by atoms with van der Waals surface area (Å²) in [5.41, 5.74) is 0. The van der Waals surface area contributed by atoms with Gasteiger partial charge in [0, 0.05) is 17.7 Å². The average Bonchev–Trinajstić information content (AvgIpc) is 2.78. The van der Waals surface area contributed by atoms with Crippen LogP contribution in [-0.4, -0.2) is 36.0 Å². The molecule has 1 saturated carbocycles. The molecule has 1 aliphatic carbocycles. The van der Waals surface area contributed by atoms with Crippen molar-refractivity contribution in [3.05, 3.63) is 0 Å². The first-order valence-electron chi connectivity index (χ1n) is 7.39. The Bertz CT molecular complexity index is 267. The van der Waals surface area contributed by atoms with Gasteiger partial charge in [-0.15, -0.1) is 0 Å². The first-order valence-corrected chi connectivity index (χ1v) is 8.44. The second kappa shape index (κ2) is 7.39. The zero-order valence-corrected chi connectivity index (χ0v) is 12.2. The van der Waals surface area contributed by atoms with Crippen LogP contribution in [0, 0.1) is 5.92 Å². The van der Waals surface area contributed by atoms with E-state index in [1.54, 1.807) is 0 Å². The first-order chi connectivity index (χ1) is 8.78. The van der Waals surface area contributed by atoms with Gasteiger partial charge in [0.25, 0.3) is 0 Å². The monoisotopic (exact) mass is 270 g/mol. The quantitative estimate of drug-likeness (QED) is 0.804. The zero-order valence-electron chi connectivity index (χ0n) is 11.4. The Morgan fingerprint density at radius 2 is 2.06 bits per heavy atom. The van der Waals surface area contributed by atoms with E-state index in [0.29, 0.717) is 12.0 Å². The highest BCUT2D eigenvalue weighted by atomic mass is 32.2. The molecule has 2 aliphatic rings. The van der Waals surface area contributed by atoms with Crippen LogP contribution in [0.4, 0.5) is 0 Å². The molecule has 1 heterocycles. The highest BCUT2D eigenvalue weighted by Gasteiger charge is 2.26. The second-order valence-corrected chi connectivity index (χ2v) is 7.13. The summed E-state index contributed by atoms with van der Waals surface area (Å²) in [7, 11) is 0. The molecule has 1 aliphatic heterocycles. The van der Waals surface area contributed by atoms with Crippen molar-refractivity contribution < 1.29 is 4.79 Å². The smallest absolute Gasteiger partial charge is 0.220 e. The summed E-state index contributed by atoms with van der Waals surface area (Å²) in [5.74, 6) is 2.09. The molecule has 4 heteroatoms. The van der Waals surface area contributed by atoms with Gasteiger partial charge in [-0.3, -0.25) is 4.79 Å². The van der Waals surface area contributed by atoms with Crippen LogP contribution in [0.15, 0.2) is 0 Å². The van der Waals surface area contributed by atoms with Gasteiger partial charge >= 0.3 is 0 Å². The minimum atomic E-state index is 0.286. The van der Waals surface area contributed by atoms with Crippen molar-refractivity contribution >= 4 is 17.7 Å². The molecule has 18 heavy (non-hydrogen) atoms. The van der Waals surface area contributed by atoms with Gasteiger partial charge in [-0.05, 0) is 56.9 Å². The number of piperidine rings is 1. The number of amides is 1. The topological polar surface area (TPSA) is 41.1 Å². The summed E-state index contributed by atoms with van der Waals surface area (Å²) >= 11 is 2.05. The molecule has 1 amide bonds. The molecule has 2 fully saturated rings. The van der Waals surface area contributed by atoms with E-state index in [9.17, 15) is 4.79 Å². The highest BCUT2D eigenvalue weighted by molar-refractivity contribution is 7.99. The number of carbonyl (C=O) groups excluding carboxylic acids is 1. The van der Waals surface area contributed by atoms with E-state index in [4.69, 9.17) is 0 Å². The van der Waals surface area contributed by atoms with Gasteiger partial charge in [0.2, 0.25) is 5.91 Å². The number of rotatable bonds is 5. The maximum absolute atomic E-state index is 12.0. The fourth-order valence-corrected chi connectivity index (χ4v) is 4.24. The summed E-state index contributed by atoms with van der Waals surface area (Å²) in [6, 6.07) is 0.447. The van der Waals surface area contributed by atoms with Crippen LogP contribution in [0.5, 0.6) is 0 Å². The predicted molar refractivity (Wildman–Crippen MR) is 77.9 cm³/mol. The van der Waals surface area contributed by atoms with Crippen LogP contribution in [0.2, 0.25) is 0 Å². The van der Waals surface area contributed by atoms with E-state index >= 15 is 0 Å². The van der Waals surface area contributed by atoms with Crippen molar-refractivity contribution in [1.82, 2.24) is 10.6 Å². The Hall–Kier alpha value is -0.220. The van der Waals surface area contributed by atoms with Gasteiger partial charge in [0.1, 0.15) is 0 Å². The molecule has 2 rings (SSSR count). The lowest BCUT2D eigenvalue weighted by molar-refractivity contribution is -0.122. The van der Waals surface area contributed by atoms with Gasteiger partial charge in [-0.25, -0.2) is 0 Å². The van der Waals surface area contributed by atoms with E-state index in [0.717, 1.165) is 37.6 Å². The standard InChI is InChI=1S/C14H26N2OS/c1-2-18-13-4-3-12(10-13)16-14(17)9-11-5-7-15-8-6-11/h11-13,15H,2-10H2,1H3,(H,16,17). The number of hydrogen-bond acceptors (Lipinski definition) is 3. The molecular formula is C14H26N2OS. The Morgan fingerprint density at radius 3 is 2.78 bits per heavy atom. The Labute approximate surface area is 115 Å². The molecule has 0 aromatic carbocycles. The third kappa shape index (κ3) is 4.47. The van der Waals surface area contributed by atoms with Crippen molar-refractivity contribution in [2.75, 3.05) is 18.8 Å². The maximum Gasteiger partial charge on any atom is 0.220 e. The summed E-state index contributed by atoms with van der Waals surface area (Å²) in [4.78, 5) is 12.0. The fraction of sp³-hybridized carbons (Fsp3) is 0.929. The van der Waals surface area contributed by atoms with E-state index in [1.807, 2.05) is 11.8 Å². The van der Waals surface area contributed by atoms with Gasteiger partial charge in [-0.2, -0.15) is 11.8 Å². The zero-order chi connectivity index (χ0) is 12.8. The Kier molecular flexibility index (Phi) is 5.83. The van der Waals surface area contributed by atoms with Crippen LogP contribution < -0.4 is 10.6 Å². The largest absolute Gasteiger partial charge is 0.353 e. The van der Waals surface area contributed by atoms with Crippen molar-refractivity contribution in [2.24, 2.45) is 5.92 Å². The van der Waals surface area contributed by atoms with E-state index < -0.39 is 0 Å². The molecule has 2 N–H and O–H groups in total. The minimum absolute atomic E-state index is 0.286. The SMILES string of the molecule is CCSC1CCC(NC(=O)CC2CCNCC2)C1. The van der Waals surface area contributed by atoms with Gasteiger partial charge in [0.15, 0.2) is 0 Å². The van der Waals surface area contributed by atoms with Crippen molar-refractivity contribution in [3.8, 4) is 0 Å². The third-order valence-electron chi connectivity index (χ3n) is 4.08. The van der Waals surface area contributed by atoms with Crippen LogP contribution in [0.25, 0.3) is 0 Å². The van der Waals surface area contributed by atoms with Gasteiger partial charge < -0.3 is 10.6 Å². The number of thioether (sulfide) groups is 1. The second-order valence-electron chi connectivity index (χ2n) is 5.55. The lowest BCUT2D eigenvalue weighted by Crippen LogP contribution is -2.36. The first kappa shape index (κ1) is 14.2. The van der Waals surface area contributed by atoms with Crippen LogP contribution in [0.3, 0.4) is 0 Å². The lowest BCUT2D eigenvalue weighted by Gasteiger charge is -2.23. The van der Waals surface area contributed by atoms with E-state index in [-0.39, 0.29) is 5.91 Å². The van der Waals surface area contributed by atoms with E-state index in [1.165, 1.54) is 25.0 Å². The molecular weight excluding hydrogens is 244 g/mol. The van der Waals surface area contributed by atoms with Crippen LogP contribution >= 0.6 is 11.8 Å². The summed E-state index contributed by atoms with van der Waals surface area (Å²) in [5, 5.41) is 7.37. The number of nitrogens with one attached hydrogen (secondary N) is 2. The van der Waals surface area contributed by atoms with Crippen LogP contribution in [0.1, 0.15) is 45.4 Å². The predicted octanol–water partition coefficient (Wildman–Crippen LogP) is 2.17. The van der Waals surface area contributed by atoms with Crippen molar-refractivity contribution in [3.63, 3.8) is 0 Å². The molecule has 2 atom stereocenters. The highest BCUT2D eigenvalue weighted by Crippen LogP contribution is 2.29. The Morgan fingerprint density at radius 1 is 1.28 bits per heavy atom. The molecule has 0 radical (unpaired) electrons. The molecule has 0 bridgehead atoms. The molecule has 0 aromatic heterocycles. The Balaban J connectivity index is 1.65. The number of carbonyl (C=O) groups is 1. The van der Waals surface area contributed by atoms with E-state index in [2.05, 4.69) is 17.6 Å². The van der Waals surface area contributed by atoms with Gasteiger partial charge in [-0.1, -0.05) is 6.92 Å². The average molecular weight is 270 g/mol. The van der Waals surface area contributed by atoms with Crippen molar-refractivity contribution in [1.29, 1.82) is 0 Å². The number of hydrogen-bond donors (Lipinski definition) is 2. The molecule has 2 unspecified atom stereocenters. The molecule has 0 aromatic rings. The summed E-state index contributed by atoms with van der Waals surface area (Å²) < 4.78 is 0. The molecule has 0 spiro atoms. The molecule has 3 nitrogen and oxygen atoms in total. The maximum atomic E-state index is 12.0. The minimum Gasteiger partial charge on any atom is -0.353 e. The summed E-state index contributed by atoms with van der Waals surface area (Å²) in [6.07, 6.45) is 6.69. The normalized spacial score (nSPS) is 29.4. The van der Waals surface area contributed by atoms with Gasteiger partial charge in [0.05, 0.1) is 0 Å². The fourth-order valence-electron chi connectivity index (χ4n) is 3.09. The lowest BCUT2D eigenvalue weighted by atomic mass is 9.94. The summed E-state index contributed by atoms with van der Waals surface area (Å²) in [6.45, 7) is 4.38.